The number of aromatic nitrogens is 2. The number of carbonyl (C=O) groups excluding carboxylic acids is 1. The molecule has 2 aromatic heterocycles. The molecule has 1 amide bonds. The Labute approximate surface area is 158 Å². The molecule has 6 heteroatoms. The summed E-state index contributed by atoms with van der Waals surface area (Å²) in [5, 5.41) is 4.02. The Kier molecular flexibility index (Phi) is 5.14. The number of hydrogen-bond donors (Lipinski definition) is 1. The summed E-state index contributed by atoms with van der Waals surface area (Å²) in [4.78, 5) is 16.2. The number of rotatable bonds is 7. The van der Waals surface area contributed by atoms with Crippen LogP contribution >= 0.6 is 0 Å². The van der Waals surface area contributed by atoms with Crippen LogP contribution in [-0.4, -0.2) is 28.6 Å². The van der Waals surface area contributed by atoms with Gasteiger partial charge in [-0.25, -0.2) is 4.98 Å². The summed E-state index contributed by atoms with van der Waals surface area (Å²) in [7, 11) is 0. The van der Waals surface area contributed by atoms with Gasteiger partial charge in [-0.3, -0.25) is 4.79 Å². The highest BCUT2D eigenvalue weighted by molar-refractivity contribution is 5.84. The third-order valence-electron chi connectivity index (χ3n) is 5.12. The van der Waals surface area contributed by atoms with Gasteiger partial charge in [0.25, 0.3) is 5.91 Å². The first-order valence-electron chi connectivity index (χ1n) is 9.62. The quantitative estimate of drug-likeness (QED) is 0.650. The average Bonchev–Trinajstić information content (AvgIpc) is 3.26. The molecular weight excluding hydrogens is 342 g/mol. The highest BCUT2D eigenvalue weighted by Gasteiger charge is 2.18. The van der Waals surface area contributed by atoms with Crippen molar-refractivity contribution < 1.29 is 13.9 Å². The Morgan fingerprint density at radius 3 is 3.07 bits per heavy atom. The van der Waals surface area contributed by atoms with E-state index in [2.05, 4.69) is 14.9 Å². The molecule has 1 N–H and O–H groups in total. The molecule has 0 radical (unpaired) electrons. The Hall–Kier alpha value is -2.76. The number of furan rings is 1. The fourth-order valence-electron chi connectivity index (χ4n) is 3.65. The summed E-state index contributed by atoms with van der Waals surface area (Å²) >= 11 is 0. The highest BCUT2D eigenvalue weighted by atomic mass is 16.5. The van der Waals surface area contributed by atoms with Crippen LogP contribution in [0.3, 0.4) is 0 Å². The van der Waals surface area contributed by atoms with Crippen LogP contribution in [0.2, 0.25) is 0 Å². The number of nitrogens with one attached hydrogen (secondary N) is 1. The van der Waals surface area contributed by atoms with E-state index in [4.69, 9.17) is 9.15 Å². The van der Waals surface area contributed by atoms with Crippen LogP contribution in [0.4, 0.5) is 0 Å². The number of hydrogen-bond acceptors (Lipinski definition) is 4. The molecule has 1 aromatic carbocycles. The number of carbonyl (C=O) groups is 1. The van der Waals surface area contributed by atoms with Crippen molar-refractivity contribution in [3.05, 3.63) is 47.7 Å². The van der Waals surface area contributed by atoms with Crippen LogP contribution in [0.15, 0.2) is 35.0 Å². The van der Waals surface area contributed by atoms with Crippen molar-refractivity contribution in [1.29, 1.82) is 0 Å². The van der Waals surface area contributed by atoms with Gasteiger partial charge in [0, 0.05) is 42.9 Å². The maximum Gasteiger partial charge on any atom is 0.257 e. The maximum atomic E-state index is 12.0. The summed E-state index contributed by atoms with van der Waals surface area (Å²) in [6, 6.07) is 5.80. The molecule has 0 spiro atoms. The van der Waals surface area contributed by atoms with Crippen molar-refractivity contribution in [2.24, 2.45) is 0 Å². The van der Waals surface area contributed by atoms with Gasteiger partial charge in [-0.1, -0.05) is 0 Å². The van der Waals surface area contributed by atoms with E-state index in [0.29, 0.717) is 12.3 Å². The first kappa shape index (κ1) is 17.6. The van der Waals surface area contributed by atoms with E-state index in [-0.39, 0.29) is 12.5 Å². The number of ether oxygens (including phenoxy) is 1. The molecule has 142 valence electrons. The zero-order valence-electron chi connectivity index (χ0n) is 15.7. The minimum Gasteiger partial charge on any atom is -0.484 e. The van der Waals surface area contributed by atoms with Crippen LogP contribution < -0.4 is 10.1 Å². The summed E-state index contributed by atoms with van der Waals surface area (Å²) in [6.07, 6.45) is 9.06. The Bertz CT molecular complexity index is 941. The molecule has 4 rings (SSSR count). The summed E-state index contributed by atoms with van der Waals surface area (Å²) in [6.45, 7) is 3.46. The van der Waals surface area contributed by atoms with Crippen molar-refractivity contribution in [2.75, 3.05) is 13.2 Å². The van der Waals surface area contributed by atoms with Crippen molar-refractivity contribution in [1.82, 2.24) is 14.9 Å². The number of fused-ring (bicyclic) bond motifs is 3. The molecule has 0 bridgehead atoms. The Morgan fingerprint density at radius 2 is 2.22 bits per heavy atom. The first-order chi connectivity index (χ1) is 13.2. The van der Waals surface area contributed by atoms with Crippen molar-refractivity contribution >= 4 is 16.9 Å². The molecule has 0 fully saturated rings. The fourth-order valence-corrected chi connectivity index (χ4v) is 3.65. The van der Waals surface area contributed by atoms with Gasteiger partial charge in [-0.2, -0.15) is 0 Å². The minimum absolute atomic E-state index is 0.0235. The van der Waals surface area contributed by atoms with E-state index in [1.54, 1.807) is 6.20 Å². The van der Waals surface area contributed by atoms with Crippen molar-refractivity contribution in [3.63, 3.8) is 0 Å². The van der Waals surface area contributed by atoms with Gasteiger partial charge in [0.15, 0.2) is 6.61 Å². The largest absolute Gasteiger partial charge is 0.484 e. The SMILES string of the molecule is Cc1nccn1CCCNC(=O)COc1ccc2oc3c(c2c1)CCCC3. The van der Waals surface area contributed by atoms with Crippen LogP contribution in [-0.2, 0) is 24.2 Å². The first-order valence-corrected chi connectivity index (χ1v) is 9.62. The molecule has 3 aromatic rings. The molecule has 6 nitrogen and oxygen atoms in total. The van der Waals surface area contributed by atoms with E-state index >= 15 is 0 Å². The van der Waals surface area contributed by atoms with Crippen molar-refractivity contribution in [2.45, 2.75) is 45.6 Å². The smallest absolute Gasteiger partial charge is 0.257 e. The molecule has 0 aliphatic heterocycles. The van der Waals surface area contributed by atoms with E-state index in [9.17, 15) is 4.79 Å². The summed E-state index contributed by atoms with van der Waals surface area (Å²) in [5.74, 6) is 2.70. The van der Waals surface area contributed by atoms with Gasteiger partial charge in [0.05, 0.1) is 0 Å². The second-order valence-electron chi connectivity index (χ2n) is 7.03. The number of nitrogens with zero attached hydrogens (tertiary/aromatic N) is 2. The Morgan fingerprint density at radius 1 is 1.33 bits per heavy atom. The monoisotopic (exact) mass is 367 g/mol. The lowest BCUT2D eigenvalue weighted by atomic mass is 9.96. The van der Waals surface area contributed by atoms with Gasteiger partial charge in [-0.05, 0) is 50.8 Å². The lowest BCUT2D eigenvalue weighted by Crippen LogP contribution is -2.30. The van der Waals surface area contributed by atoms with Crippen LogP contribution in [0.5, 0.6) is 5.75 Å². The third kappa shape index (κ3) is 3.99. The topological polar surface area (TPSA) is 69.3 Å². The van der Waals surface area contributed by atoms with E-state index < -0.39 is 0 Å². The molecule has 27 heavy (non-hydrogen) atoms. The van der Waals surface area contributed by atoms with E-state index in [0.717, 1.165) is 48.4 Å². The van der Waals surface area contributed by atoms with Gasteiger partial charge in [-0.15, -0.1) is 0 Å². The van der Waals surface area contributed by atoms with Crippen molar-refractivity contribution in [3.8, 4) is 5.75 Å². The molecule has 1 aliphatic rings. The average molecular weight is 367 g/mol. The molecule has 0 unspecified atom stereocenters. The number of imidazole rings is 1. The van der Waals surface area contributed by atoms with Gasteiger partial charge in [0.1, 0.15) is 22.9 Å². The summed E-state index contributed by atoms with van der Waals surface area (Å²) < 4.78 is 13.7. The van der Waals surface area contributed by atoms with E-state index in [1.807, 2.05) is 31.3 Å². The number of benzene rings is 1. The zero-order chi connectivity index (χ0) is 18.6. The Balaban J connectivity index is 1.27. The molecule has 0 saturated carbocycles. The molecule has 0 saturated heterocycles. The lowest BCUT2D eigenvalue weighted by Gasteiger charge is -2.10. The molecular formula is C21H25N3O3. The summed E-state index contributed by atoms with van der Waals surface area (Å²) in [5.41, 5.74) is 2.22. The minimum atomic E-state index is -0.105. The maximum absolute atomic E-state index is 12.0. The normalized spacial score (nSPS) is 13.5. The zero-order valence-corrected chi connectivity index (χ0v) is 15.7. The standard InChI is InChI=1S/C21H25N3O3/c1-15-22-10-12-24(15)11-4-9-23-21(25)14-26-16-7-8-20-18(13-16)17-5-2-3-6-19(17)27-20/h7-8,10,12-13H,2-6,9,11,14H2,1H3,(H,23,25). The van der Waals surface area contributed by atoms with Gasteiger partial charge in [0.2, 0.25) is 0 Å². The highest BCUT2D eigenvalue weighted by Crippen LogP contribution is 2.33. The predicted molar refractivity (Wildman–Crippen MR) is 103 cm³/mol. The lowest BCUT2D eigenvalue weighted by molar-refractivity contribution is -0.123. The van der Waals surface area contributed by atoms with Crippen LogP contribution in [0, 0.1) is 6.92 Å². The second kappa shape index (κ2) is 7.86. The predicted octanol–water partition coefficient (Wildman–Crippen LogP) is 3.40. The second-order valence-corrected chi connectivity index (χ2v) is 7.03. The molecule has 0 atom stereocenters. The van der Waals surface area contributed by atoms with Crippen LogP contribution in [0.1, 0.15) is 36.4 Å². The molecule has 1 aliphatic carbocycles. The van der Waals surface area contributed by atoms with Gasteiger partial charge < -0.3 is 19.0 Å². The number of amides is 1. The fraction of sp³-hybridized carbons (Fsp3) is 0.429. The van der Waals surface area contributed by atoms with Crippen LogP contribution in [0.25, 0.3) is 11.0 Å². The van der Waals surface area contributed by atoms with E-state index in [1.165, 1.54) is 18.4 Å². The molecule has 2 heterocycles. The van der Waals surface area contributed by atoms with Gasteiger partial charge >= 0.3 is 0 Å². The third-order valence-corrected chi connectivity index (χ3v) is 5.12. The number of aryl methyl sites for hydroxylation is 4.